The Morgan fingerprint density at radius 2 is 2.17 bits per heavy atom. The Labute approximate surface area is 107 Å². The van der Waals surface area contributed by atoms with Gasteiger partial charge in [0.05, 0.1) is 5.60 Å². The quantitative estimate of drug-likeness (QED) is 0.847. The zero-order valence-electron chi connectivity index (χ0n) is 11.2. The molecule has 0 saturated carbocycles. The second kappa shape index (κ2) is 4.52. The number of benzene rings is 1. The molecule has 18 heavy (non-hydrogen) atoms. The average molecular weight is 252 g/mol. The molecule has 0 spiro atoms. The molecule has 100 valence electrons. The van der Waals surface area contributed by atoms with Crippen molar-refractivity contribution in [1.82, 2.24) is 0 Å². The lowest BCUT2D eigenvalue weighted by Gasteiger charge is -2.25. The van der Waals surface area contributed by atoms with Crippen molar-refractivity contribution in [3.63, 3.8) is 0 Å². The van der Waals surface area contributed by atoms with Crippen molar-refractivity contribution in [2.75, 3.05) is 18.0 Å². The first-order valence-corrected chi connectivity index (χ1v) is 6.33. The van der Waals surface area contributed by atoms with Gasteiger partial charge in [0, 0.05) is 24.8 Å². The number of nitrogens with zero attached hydrogens (tertiary/aromatic N) is 1. The zero-order valence-corrected chi connectivity index (χ0v) is 11.2. The summed E-state index contributed by atoms with van der Waals surface area (Å²) in [5.41, 5.74) is 7.60. The molecule has 1 heterocycles. The van der Waals surface area contributed by atoms with Crippen LogP contribution in [0.5, 0.6) is 0 Å². The van der Waals surface area contributed by atoms with E-state index in [9.17, 15) is 9.50 Å². The molecule has 1 aromatic carbocycles. The van der Waals surface area contributed by atoms with Gasteiger partial charge in [0.2, 0.25) is 0 Å². The fourth-order valence-corrected chi connectivity index (χ4v) is 2.47. The molecule has 0 aromatic heterocycles. The highest BCUT2D eigenvalue weighted by Gasteiger charge is 2.32. The first-order chi connectivity index (χ1) is 8.30. The van der Waals surface area contributed by atoms with Crippen LogP contribution in [0.2, 0.25) is 0 Å². The smallest absolute Gasteiger partial charge is 0.126 e. The van der Waals surface area contributed by atoms with Gasteiger partial charge in [0.25, 0.3) is 0 Å². The highest BCUT2D eigenvalue weighted by Crippen LogP contribution is 2.33. The molecule has 1 aliphatic rings. The minimum atomic E-state index is -0.669. The van der Waals surface area contributed by atoms with E-state index >= 15 is 0 Å². The summed E-state index contributed by atoms with van der Waals surface area (Å²) in [6.07, 6.45) is 0.724. The van der Waals surface area contributed by atoms with Crippen LogP contribution in [0.4, 0.5) is 10.1 Å². The first kappa shape index (κ1) is 13.3. The molecular formula is C14H21FN2O. The maximum Gasteiger partial charge on any atom is 0.126 e. The molecule has 1 fully saturated rings. The van der Waals surface area contributed by atoms with E-state index in [1.165, 1.54) is 6.07 Å². The van der Waals surface area contributed by atoms with Crippen LogP contribution in [-0.4, -0.2) is 23.8 Å². The topological polar surface area (TPSA) is 49.5 Å². The van der Waals surface area contributed by atoms with Crippen LogP contribution >= 0.6 is 0 Å². The number of aliphatic hydroxyl groups is 1. The first-order valence-electron chi connectivity index (χ1n) is 6.33. The molecule has 1 saturated heterocycles. The Hall–Kier alpha value is -1.13. The van der Waals surface area contributed by atoms with Gasteiger partial charge in [0.15, 0.2) is 0 Å². The molecule has 2 rings (SSSR count). The molecule has 0 aliphatic carbocycles. The number of aryl methyl sites for hydroxylation is 1. The summed E-state index contributed by atoms with van der Waals surface area (Å²) in [4.78, 5) is 2.09. The van der Waals surface area contributed by atoms with Gasteiger partial charge >= 0.3 is 0 Å². The molecule has 3 N–H and O–H groups in total. The summed E-state index contributed by atoms with van der Waals surface area (Å²) in [5.74, 6) is -0.225. The minimum Gasteiger partial charge on any atom is -0.388 e. The van der Waals surface area contributed by atoms with Crippen molar-refractivity contribution in [2.45, 2.75) is 38.8 Å². The van der Waals surface area contributed by atoms with E-state index in [0.29, 0.717) is 12.1 Å². The molecule has 0 bridgehead atoms. The van der Waals surface area contributed by atoms with Gasteiger partial charge in [-0.3, -0.25) is 0 Å². The minimum absolute atomic E-state index is 0.222. The van der Waals surface area contributed by atoms with E-state index in [2.05, 4.69) is 4.90 Å². The molecular weight excluding hydrogens is 231 g/mol. The Morgan fingerprint density at radius 1 is 1.50 bits per heavy atom. The molecule has 4 heteroatoms. The number of hydrogen-bond acceptors (Lipinski definition) is 3. The summed E-state index contributed by atoms with van der Waals surface area (Å²) < 4.78 is 13.6. The van der Waals surface area contributed by atoms with Gasteiger partial charge < -0.3 is 15.7 Å². The lowest BCUT2D eigenvalue weighted by molar-refractivity contribution is 0.0839. The van der Waals surface area contributed by atoms with Crippen molar-refractivity contribution in [3.8, 4) is 0 Å². The molecule has 2 atom stereocenters. The Bertz CT molecular complexity index is 457. The van der Waals surface area contributed by atoms with Crippen LogP contribution in [0.15, 0.2) is 12.1 Å². The lowest BCUT2D eigenvalue weighted by atomic mass is 10.0. The normalized spacial score (nSPS) is 25.6. The van der Waals surface area contributed by atoms with Crippen LogP contribution in [0.25, 0.3) is 0 Å². The van der Waals surface area contributed by atoms with E-state index in [1.54, 1.807) is 6.92 Å². The highest BCUT2D eigenvalue weighted by molar-refractivity contribution is 5.58. The highest BCUT2D eigenvalue weighted by atomic mass is 19.1. The van der Waals surface area contributed by atoms with E-state index in [-0.39, 0.29) is 11.9 Å². The average Bonchev–Trinajstić information content (AvgIpc) is 2.62. The monoisotopic (exact) mass is 252 g/mol. The molecule has 1 aliphatic heterocycles. The molecule has 2 unspecified atom stereocenters. The second-order valence-electron chi connectivity index (χ2n) is 5.62. The Kier molecular flexibility index (Phi) is 3.34. The van der Waals surface area contributed by atoms with Crippen molar-refractivity contribution < 1.29 is 9.50 Å². The second-order valence-corrected chi connectivity index (χ2v) is 5.62. The van der Waals surface area contributed by atoms with Gasteiger partial charge in [-0.15, -0.1) is 0 Å². The predicted octanol–water partition coefficient (Wildman–Crippen LogP) is 2.11. The van der Waals surface area contributed by atoms with Gasteiger partial charge in [-0.1, -0.05) is 0 Å². The van der Waals surface area contributed by atoms with E-state index in [1.807, 2.05) is 19.9 Å². The van der Waals surface area contributed by atoms with Gasteiger partial charge in [-0.2, -0.15) is 0 Å². The molecule has 3 nitrogen and oxygen atoms in total. The summed E-state index contributed by atoms with van der Waals surface area (Å²) in [6.45, 7) is 6.77. The number of β-amino-alcohol motifs (C(OH)–C–C–N with tert-alkyl or cyclic N) is 1. The number of hydrogen-bond donors (Lipinski definition) is 2. The van der Waals surface area contributed by atoms with Crippen LogP contribution in [-0.2, 0) is 0 Å². The lowest BCUT2D eigenvalue weighted by Crippen LogP contribution is -2.30. The van der Waals surface area contributed by atoms with Crippen LogP contribution in [0.3, 0.4) is 0 Å². The van der Waals surface area contributed by atoms with Crippen molar-refractivity contribution in [2.24, 2.45) is 5.73 Å². The van der Waals surface area contributed by atoms with Crippen molar-refractivity contribution >= 4 is 5.69 Å². The van der Waals surface area contributed by atoms with Gasteiger partial charge in [-0.25, -0.2) is 4.39 Å². The zero-order chi connectivity index (χ0) is 13.5. The van der Waals surface area contributed by atoms with E-state index < -0.39 is 5.60 Å². The summed E-state index contributed by atoms with van der Waals surface area (Å²) in [5, 5.41) is 10.0. The third-order valence-electron chi connectivity index (χ3n) is 3.59. The SMILES string of the molecule is Cc1cc(N2CCC(C)(O)C2)c(C(C)N)cc1F. The predicted molar refractivity (Wildman–Crippen MR) is 71.2 cm³/mol. The van der Waals surface area contributed by atoms with E-state index in [4.69, 9.17) is 5.73 Å². The molecule has 0 amide bonds. The van der Waals surface area contributed by atoms with Crippen molar-refractivity contribution in [3.05, 3.63) is 29.1 Å². The maximum absolute atomic E-state index is 13.6. The third-order valence-corrected chi connectivity index (χ3v) is 3.59. The Balaban J connectivity index is 2.41. The fourth-order valence-electron chi connectivity index (χ4n) is 2.47. The van der Waals surface area contributed by atoms with Crippen LogP contribution in [0, 0.1) is 12.7 Å². The number of halogens is 1. The van der Waals surface area contributed by atoms with Crippen LogP contribution < -0.4 is 10.6 Å². The Morgan fingerprint density at radius 3 is 2.67 bits per heavy atom. The summed E-state index contributed by atoms with van der Waals surface area (Å²) in [6, 6.07) is 3.12. The van der Waals surface area contributed by atoms with Crippen molar-refractivity contribution in [1.29, 1.82) is 0 Å². The van der Waals surface area contributed by atoms with E-state index in [0.717, 1.165) is 24.2 Å². The van der Waals surface area contributed by atoms with Gasteiger partial charge in [0.1, 0.15) is 5.82 Å². The standard InChI is InChI=1S/C14H21FN2O/c1-9-6-13(11(10(2)16)7-12(9)15)17-5-4-14(3,18)8-17/h6-7,10,18H,4-5,8,16H2,1-3H3. The number of nitrogens with two attached hydrogens (primary N) is 1. The molecule has 1 aromatic rings. The summed E-state index contributed by atoms with van der Waals surface area (Å²) in [7, 11) is 0. The largest absolute Gasteiger partial charge is 0.388 e. The number of anilines is 1. The summed E-state index contributed by atoms with van der Waals surface area (Å²) >= 11 is 0. The maximum atomic E-state index is 13.6. The van der Waals surface area contributed by atoms with Gasteiger partial charge in [-0.05, 0) is 50.5 Å². The fraction of sp³-hybridized carbons (Fsp3) is 0.571. The van der Waals surface area contributed by atoms with Crippen LogP contribution in [0.1, 0.15) is 37.4 Å². The molecule has 0 radical (unpaired) electrons. The third kappa shape index (κ3) is 2.49. The number of rotatable bonds is 2.